The number of pyridine rings is 1. The molecule has 1 aromatic carbocycles. The predicted molar refractivity (Wildman–Crippen MR) is 70.6 cm³/mol. The lowest BCUT2D eigenvalue weighted by Crippen LogP contribution is -2.15. The first-order valence-electron chi connectivity index (χ1n) is 5.43. The van der Waals surface area contributed by atoms with E-state index in [0.717, 1.165) is 6.07 Å². The number of carbonyl (C=O) groups excluding carboxylic acids is 1. The second-order valence-electron chi connectivity index (χ2n) is 3.81. The van der Waals surface area contributed by atoms with Crippen LogP contribution in [-0.2, 0) is 0 Å². The van der Waals surface area contributed by atoms with Crippen LogP contribution in [-0.4, -0.2) is 22.0 Å². The van der Waals surface area contributed by atoms with Crippen molar-refractivity contribution in [3.8, 4) is 0 Å². The summed E-state index contributed by atoms with van der Waals surface area (Å²) in [4.78, 5) is 26.4. The van der Waals surface area contributed by atoms with Gasteiger partial charge in [0.05, 0.1) is 11.1 Å². The molecule has 2 rings (SSSR count). The standard InChI is InChI=1S/C13H8ClFN2O3/c14-8-1-2-10(15)9(6-8)12(18)17-11-5-7(13(19)20)3-4-16-11/h1-6H,(H,19,20)(H,16,17,18). The Morgan fingerprint density at radius 2 is 2.00 bits per heavy atom. The minimum absolute atomic E-state index is 0.00859. The number of benzene rings is 1. The highest BCUT2D eigenvalue weighted by atomic mass is 35.5. The molecule has 1 heterocycles. The number of amides is 1. The van der Waals surface area contributed by atoms with Crippen molar-refractivity contribution in [2.75, 3.05) is 5.32 Å². The van der Waals surface area contributed by atoms with Crippen LogP contribution < -0.4 is 5.32 Å². The molecule has 102 valence electrons. The SMILES string of the molecule is O=C(O)c1ccnc(NC(=O)c2cc(Cl)ccc2F)c1. The first-order chi connectivity index (χ1) is 9.47. The van der Waals surface area contributed by atoms with Gasteiger partial charge in [-0.15, -0.1) is 0 Å². The highest BCUT2D eigenvalue weighted by Crippen LogP contribution is 2.16. The van der Waals surface area contributed by atoms with Crippen molar-refractivity contribution >= 4 is 29.3 Å². The zero-order valence-electron chi connectivity index (χ0n) is 9.93. The van der Waals surface area contributed by atoms with E-state index < -0.39 is 17.7 Å². The van der Waals surface area contributed by atoms with Gasteiger partial charge in [0.1, 0.15) is 11.6 Å². The fourth-order valence-electron chi connectivity index (χ4n) is 1.49. The Bertz CT molecular complexity index is 691. The minimum atomic E-state index is -1.16. The second-order valence-corrected chi connectivity index (χ2v) is 4.25. The number of aromatic nitrogens is 1. The lowest BCUT2D eigenvalue weighted by Gasteiger charge is -2.06. The average molecular weight is 295 g/mol. The Labute approximate surface area is 118 Å². The van der Waals surface area contributed by atoms with Crippen LogP contribution in [0.1, 0.15) is 20.7 Å². The zero-order valence-corrected chi connectivity index (χ0v) is 10.7. The number of nitrogens with one attached hydrogen (secondary N) is 1. The molecule has 0 saturated heterocycles. The molecule has 0 radical (unpaired) electrons. The molecule has 20 heavy (non-hydrogen) atoms. The summed E-state index contributed by atoms with van der Waals surface area (Å²) in [5, 5.41) is 11.3. The van der Waals surface area contributed by atoms with Crippen molar-refractivity contribution in [2.24, 2.45) is 0 Å². The van der Waals surface area contributed by atoms with Crippen molar-refractivity contribution < 1.29 is 19.1 Å². The molecule has 0 aliphatic carbocycles. The number of carboxylic acid groups (broad SMARTS) is 1. The molecule has 0 aliphatic heterocycles. The molecule has 5 nitrogen and oxygen atoms in total. The van der Waals surface area contributed by atoms with Crippen LogP contribution in [0.5, 0.6) is 0 Å². The normalized spacial score (nSPS) is 10.1. The van der Waals surface area contributed by atoms with E-state index in [-0.39, 0.29) is 22.0 Å². The molecule has 0 unspecified atom stereocenters. The molecule has 0 spiro atoms. The number of carbonyl (C=O) groups is 2. The number of anilines is 1. The number of halogens is 2. The molecular weight excluding hydrogens is 287 g/mol. The first-order valence-corrected chi connectivity index (χ1v) is 5.81. The molecule has 0 fully saturated rings. The smallest absolute Gasteiger partial charge is 0.335 e. The third-order valence-electron chi connectivity index (χ3n) is 2.42. The van der Waals surface area contributed by atoms with Crippen molar-refractivity contribution in [2.45, 2.75) is 0 Å². The van der Waals surface area contributed by atoms with Gasteiger partial charge in [-0.3, -0.25) is 4.79 Å². The molecule has 0 atom stereocenters. The van der Waals surface area contributed by atoms with E-state index in [0.29, 0.717) is 0 Å². The Morgan fingerprint density at radius 1 is 1.25 bits per heavy atom. The number of hydrogen-bond acceptors (Lipinski definition) is 3. The summed E-state index contributed by atoms with van der Waals surface area (Å²) < 4.78 is 13.5. The molecular formula is C13H8ClFN2O3. The maximum Gasteiger partial charge on any atom is 0.335 e. The van der Waals surface area contributed by atoms with Gasteiger partial charge in [0.15, 0.2) is 0 Å². The molecule has 1 aromatic heterocycles. The van der Waals surface area contributed by atoms with Crippen LogP contribution in [0.2, 0.25) is 5.02 Å². The Morgan fingerprint density at radius 3 is 2.70 bits per heavy atom. The van der Waals surface area contributed by atoms with Crippen molar-refractivity contribution in [3.05, 3.63) is 58.5 Å². The van der Waals surface area contributed by atoms with Crippen molar-refractivity contribution in [1.82, 2.24) is 4.98 Å². The average Bonchev–Trinajstić information content (AvgIpc) is 2.41. The van der Waals surface area contributed by atoms with Gasteiger partial charge in [0, 0.05) is 11.2 Å². The third kappa shape index (κ3) is 3.10. The van der Waals surface area contributed by atoms with Crippen LogP contribution in [0.15, 0.2) is 36.5 Å². The van der Waals surface area contributed by atoms with E-state index in [2.05, 4.69) is 10.3 Å². The largest absolute Gasteiger partial charge is 0.478 e. The highest BCUT2D eigenvalue weighted by molar-refractivity contribution is 6.31. The number of hydrogen-bond donors (Lipinski definition) is 2. The maximum atomic E-state index is 13.5. The van der Waals surface area contributed by atoms with Gasteiger partial charge in [-0.05, 0) is 30.3 Å². The van der Waals surface area contributed by atoms with Gasteiger partial charge in [-0.2, -0.15) is 0 Å². The van der Waals surface area contributed by atoms with E-state index in [1.807, 2.05) is 0 Å². The van der Waals surface area contributed by atoms with Crippen LogP contribution in [0, 0.1) is 5.82 Å². The number of carboxylic acids is 1. The Balaban J connectivity index is 2.25. The number of rotatable bonds is 3. The van der Waals surface area contributed by atoms with E-state index in [1.54, 1.807) is 0 Å². The Hall–Kier alpha value is -2.47. The summed E-state index contributed by atoms with van der Waals surface area (Å²) in [6.45, 7) is 0. The fraction of sp³-hybridized carbons (Fsp3) is 0. The minimum Gasteiger partial charge on any atom is -0.478 e. The molecule has 2 N–H and O–H groups in total. The van der Waals surface area contributed by atoms with E-state index in [4.69, 9.17) is 16.7 Å². The molecule has 2 aromatic rings. The quantitative estimate of drug-likeness (QED) is 0.912. The predicted octanol–water partition coefficient (Wildman–Crippen LogP) is 2.82. The summed E-state index contributed by atoms with van der Waals surface area (Å²) in [5.41, 5.74) is -0.290. The summed E-state index contributed by atoms with van der Waals surface area (Å²) in [5.74, 6) is -2.65. The highest BCUT2D eigenvalue weighted by Gasteiger charge is 2.14. The molecule has 0 aliphatic rings. The van der Waals surface area contributed by atoms with Crippen molar-refractivity contribution in [3.63, 3.8) is 0 Å². The topological polar surface area (TPSA) is 79.3 Å². The van der Waals surface area contributed by atoms with Crippen LogP contribution >= 0.6 is 11.6 Å². The van der Waals surface area contributed by atoms with Gasteiger partial charge in [0.25, 0.3) is 5.91 Å². The van der Waals surface area contributed by atoms with Crippen molar-refractivity contribution in [1.29, 1.82) is 0 Å². The summed E-state index contributed by atoms with van der Waals surface area (Å²) >= 11 is 5.69. The molecule has 0 bridgehead atoms. The maximum absolute atomic E-state index is 13.5. The molecule has 1 amide bonds. The van der Waals surface area contributed by atoms with Crippen LogP contribution in [0.3, 0.4) is 0 Å². The Kier molecular flexibility index (Phi) is 3.95. The third-order valence-corrected chi connectivity index (χ3v) is 2.66. The van der Waals surface area contributed by atoms with E-state index in [9.17, 15) is 14.0 Å². The number of nitrogens with zero attached hydrogens (tertiary/aromatic N) is 1. The number of aromatic carboxylic acids is 1. The summed E-state index contributed by atoms with van der Waals surface area (Å²) in [6, 6.07) is 6.00. The van der Waals surface area contributed by atoms with Gasteiger partial charge >= 0.3 is 5.97 Å². The van der Waals surface area contributed by atoms with E-state index in [1.165, 1.54) is 30.5 Å². The summed E-state index contributed by atoms with van der Waals surface area (Å²) in [7, 11) is 0. The lowest BCUT2D eigenvalue weighted by molar-refractivity contribution is 0.0696. The molecule has 0 saturated carbocycles. The van der Waals surface area contributed by atoms with Crippen LogP contribution in [0.25, 0.3) is 0 Å². The second kappa shape index (κ2) is 5.66. The van der Waals surface area contributed by atoms with Crippen LogP contribution in [0.4, 0.5) is 10.2 Å². The fourth-order valence-corrected chi connectivity index (χ4v) is 1.66. The van der Waals surface area contributed by atoms with Gasteiger partial charge in [0.2, 0.25) is 0 Å². The monoisotopic (exact) mass is 294 g/mol. The van der Waals surface area contributed by atoms with Gasteiger partial charge < -0.3 is 10.4 Å². The first kappa shape index (κ1) is 14.0. The van der Waals surface area contributed by atoms with E-state index >= 15 is 0 Å². The molecule has 7 heteroatoms. The van der Waals surface area contributed by atoms with Gasteiger partial charge in [-0.1, -0.05) is 11.6 Å². The van der Waals surface area contributed by atoms with Gasteiger partial charge in [-0.25, -0.2) is 14.2 Å². The zero-order chi connectivity index (χ0) is 14.7. The lowest BCUT2D eigenvalue weighted by atomic mass is 10.2. The summed E-state index contributed by atoms with van der Waals surface area (Å²) in [6.07, 6.45) is 1.23.